The molecule has 1 fully saturated rings. The van der Waals surface area contributed by atoms with E-state index in [9.17, 15) is 4.79 Å². The molecule has 2 amide bonds. The van der Waals surface area contributed by atoms with Crippen molar-refractivity contribution in [2.24, 2.45) is 7.05 Å². The summed E-state index contributed by atoms with van der Waals surface area (Å²) in [7, 11) is 1.96. The van der Waals surface area contributed by atoms with E-state index in [0.717, 1.165) is 37.4 Å². The van der Waals surface area contributed by atoms with Gasteiger partial charge in [0.2, 0.25) is 0 Å². The summed E-state index contributed by atoms with van der Waals surface area (Å²) in [6.45, 7) is 1.45. The number of pyridine rings is 1. The fourth-order valence-corrected chi connectivity index (χ4v) is 2.64. The number of piperidine rings is 1. The van der Waals surface area contributed by atoms with Crippen LogP contribution < -0.4 is 5.32 Å². The Balaban J connectivity index is 1.56. The Hall–Kier alpha value is -2.44. The van der Waals surface area contributed by atoms with Crippen molar-refractivity contribution in [3.8, 4) is 0 Å². The highest BCUT2D eigenvalue weighted by Crippen LogP contribution is 2.26. The molecule has 21 heavy (non-hydrogen) atoms. The largest absolute Gasteiger partial charge is 0.324 e. The van der Waals surface area contributed by atoms with E-state index in [1.165, 1.54) is 0 Å². The van der Waals surface area contributed by atoms with Crippen molar-refractivity contribution in [3.05, 3.63) is 36.7 Å². The number of anilines is 1. The molecule has 110 valence electrons. The Morgan fingerprint density at radius 2 is 2.19 bits per heavy atom. The lowest BCUT2D eigenvalue weighted by molar-refractivity contribution is 0.193. The first kappa shape index (κ1) is 13.5. The summed E-state index contributed by atoms with van der Waals surface area (Å²) >= 11 is 0. The first-order valence-corrected chi connectivity index (χ1v) is 7.04. The maximum atomic E-state index is 12.2. The molecule has 7 heteroatoms. The van der Waals surface area contributed by atoms with Gasteiger partial charge in [-0.15, -0.1) is 10.2 Å². The predicted octanol–water partition coefficient (Wildman–Crippen LogP) is 1.62. The summed E-state index contributed by atoms with van der Waals surface area (Å²) in [6.07, 6.45) is 6.86. The number of likely N-dealkylation sites (tertiary alicyclic amines) is 1. The summed E-state index contributed by atoms with van der Waals surface area (Å²) in [5.74, 6) is 1.38. The van der Waals surface area contributed by atoms with E-state index in [0.29, 0.717) is 5.92 Å². The van der Waals surface area contributed by atoms with Gasteiger partial charge in [0.15, 0.2) is 0 Å². The van der Waals surface area contributed by atoms with Crippen LogP contribution in [0.5, 0.6) is 0 Å². The van der Waals surface area contributed by atoms with E-state index in [-0.39, 0.29) is 6.03 Å². The molecule has 0 spiro atoms. The smallest absolute Gasteiger partial charge is 0.321 e. The molecule has 0 atom stereocenters. The van der Waals surface area contributed by atoms with Crippen LogP contribution in [0.1, 0.15) is 24.6 Å². The normalized spacial score (nSPS) is 16.0. The summed E-state index contributed by atoms with van der Waals surface area (Å²) < 4.78 is 1.95. The van der Waals surface area contributed by atoms with Gasteiger partial charge in [-0.3, -0.25) is 4.98 Å². The lowest BCUT2D eigenvalue weighted by Crippen LogP contribution is -2.40. The number of nitrogens with one attached hydrogen (secondary N) is 1. The zero-order valence-electron chi connectivity index (χ0n) is 11.9. The number of hydrogen-bond acceptors (Lipinski definition) is 4. The summed E-state index contributed by atoms with van der Waals surface area (Å²) in [5.41, 5.74) is 0.720. The number of nitrogens with zero attached hydrogens (tertiary/aromatic N) is 5. The van der Waals surface area contributed by atoms with Crippen LogP contribution in [0.15, 0.2) is 30.9 Å². The van der Waals surface area contributed by atoms with Crippen molar-refractivity contribution < 1.29 is 4.79 Å². The maximum Gasteiger partial charge on any atom is 0.321 e. The SMILES string of the molecule is Cn1cnnc1C1CCN(C(=O)Nc2cccnc2)CC1. The van der Waals surface area contributed by atoms with Gasteiger partial charge in [0.05, 0.1) is 11.9 Å². The van der Waals surface area contributed by atoms with Gasteiger partial charge in [0.1, 0.15) is 12.2 Å². The van der Waals surface area contributed by atoms with Crippen LogP contribution >= 0.6 is 0 Å². The number of carbonyl (C=O) groups is 1. The molecule has 1 aliphatic heterocycles. The second kappa shape index (κ2) is 5.90. The lowest BCUT2D eigenvalue weighted by atomic mass is 9.96. The molecule has 7 nitrogen and oxygen atoms in total. The van der Waals surface area contributed by atoms with Gasteiger partial charge in [0.25, 0.3) is 0 Å². The van der Waals surface area contributed by atoms with Crippen LogP contribution in [-0.4, -0.2) is 43.8 Å². The number of hydrogen-bond donors (Lipinski definition) is 1. The van der Waals surface area contributed by atoms with Crippen LogP contribution in [0.3, 0.4) is 0 Å². The van der Waals surface area contributed by atoms with Crippen LogP contribution in [0.25, 0.3) is 0 Å². The Morgan fingerprint density at radius 3 is 2.81 bits per heavy atom. The molecule has 1 saturated heterocycles. The van der Waals surface area contributed by atoms with E-state index in [1.54, 1.807) is 24.8 Å². The highest BCUT2D eigenvalue weighted by atomic mass is 16.2. The lowest BCUT2D eigenvalue weighted by Gasteiger charge is -2.31. The second-order valence-electron chi connectivity index (χ2n) is 5.23. The van der Waals surface area contributed by atoms with Gasteiger partial charge < -0.3 is 14.8 Å². The van der Waals surface area contributed by atoms with Crippen LogP contribution in [0.4, 0.5) is 10.5 Å². The summed E-state index contributed by atoms with van der Waals surface area (Å²) in [6, 6.07) is 3.56. The number of rotatable bonds is 2. The number of aromatic nitrogens is 4. The molecule has 2 aromatic heterocycles. The Morgan fingerprint density at radius 1 is 1.38 bits per heavy atom. The third-order valence-electron chi connectivity index (χ3n) is 3.81. The number of aryl methyl sites for hydroxylation is 1. The number of carbonyl (C=O) groups excluding carboxylic acids is 1. The van der Waals surface area contributed by atoms with Crippen LogP contribution in [-0.2, 0) is 7.05 Å². The van der Waals surface area contributed by atoms with Crippen molar-refractivity contribution in [1.82, 2.24) is 24.6 Å². The third kappa shape index (κ3) is 3.01. The van der Waals surface area contributed by atoms with E-state index in [4.69, 9.17) is 0 Å². The zero-order valence-corrected chi connectivity index (χ0v) is 11.9. The van der Waals surface area contributed by atoms with Gasteiger partial charge in [-0.1, -0.05) is 0 Å². The minimum Gasteiger partial charge on any atom is -0.324 e. The van der Waals surface area contributed by atoms with Crippen LogP contribution in [0.2, 0.25) is 0 Å². The Kier molecular flexibility index (Phi) is 3.81. The van der Waals surface area contributed by atoms with Crippen LogP contribution in [0, 0.1) is 0 Å². The molecule has 0 saturated carbocycles. The Bertz CT molecular complexity index is 603. The molecule has 0 aliphatic carbocycles. The number of urea groups is 1. The van der Waals surface area contributed by atoms with Gasteiger partial charge in [-0.05, 0) is 25.0 Å². The van der Waals surface area contributed by atoms with Crippen molar-refractivity contribution in [1.29, 1.82) is 0 Å². The molecular formula is C14H18N6O. The summed E-state index contributed by atoms with van der Waals surface area (Å²) in [4.78, 5) is 18.0. The monoisotopic (exact) mass is 286 g/mol. The topological polar surface area (TPSA) is 75.9 Å². The standard InChI is InChI=1S/C14H18N6O/c1-19-10-16-18-13(19)11-4-7-20(8-5-11)14(21)17-12-3-2-6-15-9-12/h2-3,6,9-11H,4-5,7-8H2,1H3,(H,17,21). The number of amides is 2. The van der Waals surface area contributed by atoms with Gasteiger partial charge in [-0.2, -0.15) is 0 Å². The van der Waals surface area contributed by atoms with Crippen molar-refractivity contribution in [2.45, 2.75) is 18.8 Å². The zero-order chi connectivity index (χ0) is 14.7. The molecule has 3 rings (SSSR count). The molecule has 0 unspecified atom stereocenters. The maximum absolute atomic E-state index is 12.2. The Labute approximate surface area is 123 Å². The fraction of sp³-hybridized carbons (Fsp3) is 0.429. The minimum absolute atomic E-state index is 0.0700. The van der Waals surface area contributed by atoms with E-state index >= 15 is 0 Å². The summed E-state index contributed by atoms with van der Waals surface area (Å²) in [5, 5.41) is 10.9. The molecule has 1 aliphatic rings. The van der Waals surface area contributed by atoms with Crippen molar-refractivity contribution in [3.63, 3.8) is 0 Å². The van der Waals surface area contributed by atoms with E-state index < -0.39 is 0 Å². The molecule has 0 bridgehead atoms. The van der Waals surface area contributed by atoms with Gasteiger partial charge in [-0.25, -0.2) is 4.79 Å². The minimum atomic E-state index is -0.0700. The molecule has 1 N–H and O–H groups in total. The third-order valence-corrected chi connectivity index (χ3v) is 3.81. The quantitative estimate of drug-likeness (QED) is 0.910. The van der Waals surface area contributed by atoms with E-state index in [2.05, 4.69) is 20.5 Å². The van der Waals surface area contributed by atoms with Crippen molar-refractivity contribution >= 4 is 11.7 Å². The molecular weight excluding hydrogens is 268 g/mol. The van der Waals surface area contributed by atoms with Gasteiger partial charge in [0, 0.05) is 32.3 Å². The van der Waals surface area contributed by atoms with Crippen molar-refractivity contribution in [2.75, 3.05) is 18.4 Å². The molecule has 0 radical (unpaired) electrons. The van der Waals surface area contributed by atoms with E-state index in [1.807, 2.05) is 22.6 Å². The van der Waals surface area contributed by atoms with Gasteiger partial charge >= 0.3 is 6.03 Å². The first-order chi connectivity index (χ1) is 10.2. The fourth-order valence-electron chi connectivity index (χ4n) is 2.64. The molecule has 3 heterocycles. The average Bonchev–Trinajstić information content (AvgIpc) is 2.94. The molecule has 0 aromatic carbocycles. The highest BCUT2D eigenvalue weighted by molar-refractivity contribution is 5.89. The molecule has 2 aromatic rings. The average molecular weight is 286 g/mol. The highest BCUT2D eigenvalue weighted by Gasteiger charge is 2.26. The second-order valence-corrected chi connectivity index (χ2v) is 5.23. The first-order valence-electron chi connectivity index (χ1n) is 7.04. The predicted molar refractivity (Wildman–Crippen MR) is 77.8 cm³/mol.